The molecule has 0 N–H and O–H groups in total. The summed E-state index contributed by atoms with van der Waals surface area (Å²) >= 11 is 1.40. The minimum absolute atomic E-state index is 0.127. The predicted octanol–water partition coefficient (Wildman–Crippen LogP) is 6.45. The Morgan fingerprint density at radius 3 is 2.43 bits per heavy atom. The largest absolute Gasteiger partial charge is 0.497 e. The van der Waals surface area contributed by atoms with E-state index in [1.54, 1.807) is 37.3 Å². The topological polar surface area (TPSA) is 64.5 Å². The van der Waals surface area contributed by atoms with E-state index < -0.39 is 11.6 Å². The Kier molecular flexibility index (Phi) is 6.64. The summed E-state index contributed by atoms with van der Waals surface area (Å²) in [6.45, 7) is 4.51. The van der Waals surface area contributed by atoms with Crippen LogP contribution in [-0.2, 0) is 13.1 Å². The van der Waals surface area contributed by atoms with Crippen molar-refractivity contribution in [2.24, 2.45) is 0 Å². The number of thiazole rings is 1. The zero-order valence-electron chi connectivity index (χ0n) is 20.8. The molecule has 0 aliphatic carbocycles. The second-order valence-electron chi connectivity index (χ2n) is 9.04. The maximum atomic E-state index is 14.7. The Labute approximate surface area is 217 Å². The van der Waals surface area contributed by atoms with Gasteiger partial charge in [0.25, 0.3) is 5.91 Å². The lowest BCUT2D eigenvalue weighted by Crippen LogP contribution is -2.23. The Hall–Kier alpha value is -3.85. The number of methoxy groups -OCH3 is 2. The van der Waals surface area contributed by atoms with E-state index in [2.05, 4.69) is 4.98 Å². The molecule has 0 spiro atoms. The molecule has 1 amide bonds. The molecule has 3 heterocycles. The van der Waals surface area contributed by atoms with Crippen LogP contribution in [0.25, 0.3) is 21.8 Å². The maximum absolute atomic E-state index is 14.7. The molecule has 190 valence electrons. The molecule has 9 heteroatoms. The third kappa shape index (κ3) is 4.55. The Morgan fingerprint density at radius 1 is 1.03 bits per heavy atom. The average molecular weight is 522 g/mol. The molecule has 5 rings (SSSR count). The average Bonchev–Trinajstić information content (AvgIpc) is 3.49. The molecule has 4 aromatic rings. The number of rotatable bonds is 7. The number of ether oxygens (including phenoxy) is 2. The predicted molar refractivity (Wildman–Crippen MR) is 138 cm³/mol. The minimum atomic E-state index is -0.718. The highest BCUT2D eigenvalue weighted by molar-refractivity contribution is 7.13. The van der Waals surface area contributed by atoms with Crippen LogP contribution in [0.1, 0.15) is 47.1 Å². The highest BCUT2D eigenvalue weighted by atomic mass is 32.1. The number of hydrogen-bond acceptors (Lipinski definition) is 6. The summed E-state index contributed by atoms with van der Waals surface area (Å²) in [6.07, 6.45) is 0. The van der Waals surface area contributed by atoms with Gasteiger partial charge in [0.05, 0.1) is 55.5 Å². The minimum Gasteiger partial charge on any atom is -0.497 e. The van der Waals surface area contributed by atoms with Gasteiger partial charge in [0.15, 0.2) is 0 Å². The first-order valence-corrected chi connectivity index (χ1v) is 12.6. The van der Waals surface area contributed by atoms with Crippen LogP contribution in [0, 0.1) is 11.6 Å². The van der Waals surface area contributed by atoms with Crippen molar-refractivity contribution in [2.45, 2.75) is 32.9 Å². The van der Waals surface area contributed by atoms with Gasteiger partial charge in [-0.3, -0.25) is 4.79 Å². The fourth-order valence-electron chi connectivity index (χ4n) is 4.39. The van der Waals surface area contributed by atoms with Crippen molar-refractivity contribution in [3.8, 4) is 33.3 Å². The zero-order valence-corrected chi connectivity index (χ0v) is 21.7. The van der Waals surface area contributed by atoms with Gasteiger partial charge >= 0.3 is 0 Å². The van der Waals surface area contributed by atoms with Crippen molar-refractivity contribution in [1.29, 1.82) is 0 Å². The van der Waals surface area contributed by atoms with Gasteiger partial charge in [-0.2, -0.15) is 0 Å². The normalized spacial score (nSPS) is 12.8. The summed E-state index contributed by atoms with van der Waals surface area (Å²) < 4.78 is 40.2. The molecule has 0 saturated heterocycles. The SMILES string of the molecule is COc1ccc(CN2Cc3nc(-c4c(F)cccc4F)cc(-c4nc(C(C)C)cs4)c3C2=O)c(OC)c1. The first kappa shape index (κ1) is 24.8. The lowest BCUT2D eigenvalue weighted by molar-refractivity contribution is 0.0765. The van der Waals surface area contributed by atoms with Crippen LogP contribution in [0.15, 0.2) is 47.8 Å². The van der Waals surface area contributed by atoms with E-state index in [0.29, 0.717) is 33.3 Å². The molecule has 0 fully saturated rings. The Morgan fingerprint density at radius 2 is 1.78 bits per heavy atom. The highest BCUT2D eigenvalue weighted by Crippen LogP contribution is 2.39. The number of carbonyl (C=O) groups excluding carboxylic acids is 1. The van der Waals surface area contributed by atoms with Crippen molar-refractivity contribution in [3.63, 3.8) is 0 Å². The molecule has 1 aliphatic heterocycles. The summed E-state index contributed by atoms with van der Waals surface area (Å²) in [5, 5.41) is 2.55. The van der Waals surface area contributed by atoms with Crippen molar-refractivity contribution >= 4 is 17.2 Å². The third-order valence-corrected chi connectivity index (χ3v) is 7.25. The fourth-order valence-corrected chi connectivity index (χ4v) is 5.40. The fraction of sp³-hybridized carbons (Fsp3) is 0.250. The molecule has 2 aromatic carbocycles. The van der Waals surface area contributed by atoms with E-state index in [4.69, 9.17) is 14.5 Å². The van der Waals surface area contributed by atoms with Gasteiger partial charge < -0.3 is 14.4 Å². The number of nitrogens with zero attached hydrogens (tertiary/aromatic N) is 3. The van der Waals surface area contributed by atoms with Gasteiger partial charge in [-0.05, 0) is 36.2 Å². The lowest BCUT2D eigenvalue weighted by Gasteiger charge is -2.18. The van der Waals surface area contributed by atoms with E-state index in [-0.39, 0.29) is 36.2 Å². The van der Waals surface area contributed by atoms with Crippen LogP contribution in [0.3, 0.4) is 0 Å². The van der Waals surface area contributed by atoms with Gasteiger partial charge in [-0.25, -0.2) is 18.7 Å². The van der Waals surface area contributed by atoms with Gasteiger partial charge in [-0.15, -0.1) is 11.3 Å². The van der Waals surface area contributed by atoms with E-state index in [9.17, 15) is 13.6 Å². The van der Waals surface area contributed by atoms with Crippen LogP contribution in [0.4, 0.5) is 8.78 Å². The number of fused-ring (bicyclic) bond motifs is 1. The van der Waals surface area contributed by atoms with Crippen LogP contribution < -0.4 is 9.47 Å². The van der Waals surface area contributed by atoms with Crippen LogP contribution in [-0.4, -0.2) is 35.0 Å². The first-order valence-electron chi connectivity index (χ1n) is 11.7. The van der Waals surface area contributed by atoms with Gasteiger partial charge in [0.1, 0.15) is 28.1 Å². The molecule has 37 heavy (non-hydrogen) atoms. The number of amides is 1. The summed E-state index contributed by atoms with van der Waals surface area (Å²) in [5.74, 6) is -0.238. The van der Waals surface area contributed by atoms with Crippen molar-refractivity contribution in [1.82, 2.24) is 14.9 Å². The lowest BCUT2D eigenvalue weighted by atomic mass is 10.0. The molecule has 1 aliphatic rings. The first-order chi connectivity index (χ1) is 17.8. The number of benzene rings is 2. The molecule has 6 nitrogen and oxygen atoms in total. The second kappa shape index (κ2) is 9.89. The van der Waals surface area contributed by atoms with Gasteiger partial charge in [0.2, 0.25) is 0 Å². The van der Waals surface area contributed by atoms with Crippen LogP contribution in [0.2, 0.25) is 0 Å². The van der Waals surface area contributed by atoms with E-state index >= 15 is 0 Å². The van der Waals surface area contributed by atoms with Crippen LogP contribution >= 0.6 is 11.3 Å². The standard InChI is InChI=1S/C28H25F2N3O3S/c1-15(2)23-14-37-27(32-23)18-11-21(26-19(29)6-5-7-20(26)30)31-22-13-33(28(34)25(18)22)12-16-8-9-17(35-3)10-24(16)36-4/h5-11,14-15H,12-13H2,1-4H3. The van der Waals surface area contributed by atoms with E-state index in [1.165, 1.54) is 29.5 Å². The summed E-state index contributed by atoms with van der Waals surface area (Å²) in [4.78, 5) is 24.6. The number of aromatic nitrogens is 2. The highest BCUT2D eigenvalue weighted by Gasteiger charge is 2.34. The van der Waals surface area contributed by atoms with Gasteiger partial charge in [0, 0.05) is 22.6 Å². The number of carbonyl (C=O) groups is 1. The third-order valence-electron chi connectivity index (χ3n) is 6.35. The van der Waals surface area contributed by atoms with Crippen molar-refractivity contribution < 1.29 is 23.0 Å². The summed E-state index contributed by atoms with van der Waals surface area (Å²) in [6, 6.07) is 10.7. The molecule has 0 radical (unpaired) electrons. The van der Waals surface area contributed by atoms with E-state index in [1.807, 2.05) is 25.3 Å². The molecule has 0 atom stereocenters. The number of pyridine rings is 1. The zero-order chi connectivity index (χ0) is 26.3. The summed E-state index contributed by atoms with van der Waals surface area (Å²) in [5.41, 5.74) is 2.95. The van der Waals surface area contributed by atoms with Crippen molar-refractivity contribution in [3.05, 3.63) is 82.0 Å². The Bertz CT molecular complexity index is 1480. The van der Waals surface area contributed by atoms with Crippen LogP contribution in [0.5, 0.6) is 11.5 Å². The monoisotopic (exact) mass is 521 g/mol. The quantitative estimate of drug-likeness (QED) is 0.280. The summed E-state index contributed by atoms with van der Waals surface area (Å²) in [7, 11) is 3.13. The Balaban J connectivity index is 1.61. The molecule has 2 aromatic heterocycles. The smallest absolute Gasteiger partial charge is 0.257 e. The second-order valence-corrected chi connectivity index (χ2v) is 9.90. The molecular formula is C28H25F2N3O3S. The number of hydrogen-bond donors (Lipinski definition) is 0. The number of halogens is 2. The van der Waals surface area contributed by atoms with E-state index in [0.717, 1.165) is 11.3 Å². The molecule has 0 unspecified atom stereocenters. The van der Waals surface area contributed by atoms with Crippen molar-refractivity contribution in [2.75, 3.05) is 14.2 Å². The molecule has 0 bridgehead atoms. The molecular weight excluding hydrogens is 496 g/mol. The molecule has 0 saturated carbocycles. The van der Waals surface area contributed by atoms with Gasteiger partial charge in [-0.1, -0.05) is 19.9 Å². The maximum Gasteiger partial charge on any atom is 0.257 e.